The van der Waals surface area contributed by atoms with E-state index in [0.29, 0.717) is 26.4 Å². The van der Waals surface area contributed by atoms with Gasteiger partial charge in [-0.3, -0.25) is 4.79 Å². The summed E-state index contributed by atoms with van der Waals surface area (Å²) in [4.78, 5) is 11.6. The number of esters is 1. The third-order valence-electron chi connectivity index (χ3n) is 2.74. The molecule has 1 atom stereocenters. The second kappa shape index (κ2) is 9.39. The van der Waals surface area contributed by atoms with E-state index in [9.17, 15) is 4.79 Å². The highest BCUT2D eigenvalue weighted by atomic mass is 16.6. The fourth-order valence-electron chi connectivity index (χ4n) is 1.78. The van der Waals surface area contributed by atoms with Crippen molar-refractivity contribution in [1.29, 1.82) is 0 Å². The second-order valence-electron chi connectivity index (χ2n) is 4.17. The smallest absolute Gasteiger partial charge is 0.310 e. The number of rotatable bonds is 8. The molecule has 1 aliphatic rings. The Morgan fingerprint density at radius 1 is 1.29 bits per heavy atom. The van der Waals surface area contributed by atoms with E-state index < -0.39 is 0 Å². The molecule has 0 radical (unpaired) electrons. The zero-order valence-corrected chi connectivity index (χ0v) is 10.6. The van der Waals surface area contributed by atoms with Crippen molar-refractivity contribution in [2.75, 3.05) is 46.6 Å². The van der Waals surface area contributed by atoms with Crippen LogP contribution in [0, 0.1) is 5.92 Å². The Morgan fingerprint density at radius 2 is 2.18 bits per heavy atom. The Morgan fingerprint density at radius 3 is 2.88 bits per heavy atom. The minimum absolute atomic E-state index is 0.0252. The lowest BCUT2D eigenvalue weighted by molar-refractivity contribution is -0.150. The molecular weight excluding hydrogens is 222 g/mol. The van der Waals surface area contributed by atoms with Crippen molar-refractivity contribution in [3.63, 3.8) is 0 Å². The fourth-order valence-corrected chi connectivity index (χ4v) is 1.78. The number of hydrogen-bond acceptors (Lipinski definition) is 5. The molecule has 17 heavy (non-hydrogen) atoms. The van der Waals surface area contributed by atoms with Crippen LogP contribution < -0.4 is 5.32 Å². The van der Waals surface area contributed by atoms with Gasteiger partial charge in [-0.1, -0.05) is 0 Å². The molecule has 1 saturated heterocycles. The molecule has 1 rings (SSSR count). The van der Waals surface area contributed by atoms with Crippen LogP contribution in [0.5, 0.6) is 0 Å². The van der Waals surface area contributed by atoms with Crippen molar-refractivity contribution in [3.8, 4) is 0 Å². The molecule has 1 fully saturated rings. The summed E-state index contributed by atoms with van der Waals surface area (Å²) in [6.45, 7) is 3.92. The molecule has 5 nitrogen and oxygen atoms in total. The summed E-state index contributed by atoms with van der Waals surface area (Å²) in [7, 11) is 1.67. The number of piperidine rings is 1. The minimum Gasteiger partial charge on any atom is -0.463 e. The molecule has 0 aromatic heterocycles. The molecule has 0 unspecified atom stereocenters. The highest BCUT2D eigenvalue weighted by Gasteiger charge is 2.21. The van der Waals surface area contributed by atoms with Crippen LogP contribution in [-0.2, 0) is 19.0 Å². The van der Waals surface area contributed by atoms with Gasteiger partial charge in [0.25, 0.3) is 0 Å². The van der Waals surface area contributed by atoms with Crippen molar-refractivity contribution >= 4 is 5.97 Å². The van der Waals surface area contributed by atoms with Crippen molar-refractivity contribution in [3.05, 3.63) is 0 Å². The standard InChI is InChI=1S/C12H23NO4/c1-15-6-3-7-16-8-9-17-12(14)11-4-2-5-13-10-11/h11,13H,2-10H2,1H3/t11-/m1/s1. The van der Waals surface area contributed by atoms with Gasteiger partial charge in [0.15, 0.2) is 0 Å². The van der Waals surface area contributed by atoms with Gasteiger partial charge >= 0.3 is 5.97 Å². The largest absolute Gasteiger partial charge is 0.463 e. The first-order chi connectivity index (χ1) is 8.34. The van der Waals surface area contributed by atoms with Crippen molar-refractivity contribution < 1.29 is 19.0 Å². The third-order valence-corrected chi connectivity index (χ3v) is 2.74. The van der Waals surface area contributed by atoms with Crippen LogP contribution in [0.1, 0.15) is 19.3 Å². The third kappa shape index (κ3) is 6.61. The van der Waals surface area contributed by atoms with E-state index in [4.69, 9.17) is 14.2 Å². The van der Waals surface area contributed by atoms with E-state index in [1.807, 2.05) is 0 Å². The predicted molar refractivity (Wildman–Crippen MR) is 63.9 cm³/mol. The van der Waals surface area contributed by atoms with Crippen LogP contribution in [-0.4, -0.2) is 52.6 Å². The summed E-state index contributed by atoms with van der Waals surface area (Å²) < 4.78 is 15.3. The summed E-state index contributed by atoms with van der Waals surface area (Å²) in [6.07, 6.45) is 2.85. The number of methoxy groups -OCH3 is 1. The van der Waals surface area contributed by atoms with Gasteiger partial charge in [0.2, 0.25) is 0 Å². The molecule has 0 spiro atoms. The number of carbonyl (C=O) groups excluding carboxylic acids is 1. The van der Waals surface area contributed by atoms with E-state index in [1.54, 1.807) is 7.11 Å². The van der Waals surface area contributed by atoms with Crippen LogP contribution in [0.3, 0.4) is 0 Å². The Labute approximate surface area is 103 Å². The molecule has 0 saturated carbocycles. The van der Waals surface area contributed by atoms with Crippen molar-refractivity contribution in [2.24, 2.45) is 5.92 Å². The zero-order valence-electron chi connectivity index (χ0n) is 10.6. The highest BCUT2D eigenvalue weighted by Crippen LogP contribution is 2.11. The maximum atomic E-state index is 11.6. The van der Waals surface area contributed by atoms with Gasteiger partial charge in [0.05, 0.1) is 12.5 Å². The predicted octanol–water partition coefficient (Wildman–Crippen LogP) is 0.582. The first-order valence-corrected chi connectivity index (χ1v) is 6.28. The van der Waals surface area contributed by atoms with E-state index in [2.05, 4.69) is 5.32 Å². The zero-order chi connectivity index (χ0) is 12.3. The molecule has 1 heterocycles. The Kier molecular flexibility index (Phi) is 7.96. The molecule has 1 N–H and O–H groups in total. The average molecular weight is 245 g/mol. The van der Waals surface area contributed by atoms with E-state index >= 15 is 0 Å². The summed E-state index contributed by atoms with van der Waals surface area (Å²) in [5, 5.41) is 3.19. The van der Waals surface area contributed by atoms with Crippen LogP contribution in [0.15, 0.2) is 0 Å². The second-order valence-corrected chi connectivity index (χ2v) is 4.17. The highest BCUT2D eigenvalue weighted by molar-refractivity contribution is 5.72. The summed E-state index contributed by atoms with van der Waals surface area (Å²) in [5.74, 6) is -0.0741. The van der Waals surface area contributed by atoms with Gasteiger partial charge in [-0.2, -0.15) is 0 Å². The van der Waals surface area contributed by atoms with Crippen molar-refractivity contribution in [1.82, 2.24) is 5.32 Å². The van der Waals surface area contributed by atoms with E-state index in [1.165, 1.54) is 0 Å². The SMILES string of the molecule is COCCCOCCOC(=O)[C@@H]1CCCNC1. The first-order valence-electron chi connectivity index (χ1n) is 6.28. The average Bonchev–Trinajstić information content (AvgIpc) is 2.38. The topological polar surface area (TPSA) is 56.8 Å². The number of carbonyl (C=O) groups is 1. The molecular formula is C12H23NO4. The minimum atomic E-state index is -0.0994. The van der Waals surface area contributed by atoms with Gasteiger partial charge in [-0.15, -0.1) is 0 Å². The molecule has 100 valence electrons. The van der Waals surface area contributed by atoms with Crippen LogP contribution in [0.4, 0.5) is 0 Å². The molecule has 0 aliphatic carbocycles. The molecule has 5 heteroatoms. The van der Waals surface area contributed by atoms with E-state index in [-0.39, 0.29) is 11.9 Å². The maximum Gasteiger partial charge on any atom is 0.310 e. The van der Waals surface area contributed by atoms with Gasteiger partial charge in [0.1, 0.15) is 6.61 Å². The normalized spacial score (nSPS) is 20.2. The van der Waals surface area contributed by atoms with Gasteiger partial charge in [-0.25, -0.2) is 0 Å². The molecule has 1 aliphatic heterocycles. The summed E-state index contributed by atoms with van der Waals surface area (Å²) in [5.41, 5.74) is 0. The van der Waals surface area contributed by atoms with Crippen LogP contribution in [0.2, 0.25) is 0 Å². The molecule has 0 amide bonds. The Balaban J connectivity index is 1.92. The lowest BCUT2D eigenvalue weighted by atomic mass is 10.0. The number of hydrogen-bond donors (Lipinski definition) is 1. The van der Waals surface area contributed by atoms with Crippen molar-refractivity contribution in [2.45, 2.75) is 19.3 Å². The molecule has 0 bridgehead atoms. The first kappa shape index (κ1) is 14.4. The van der Waals surface area contributed by atoms with E-state index in [0.717, 1.165) is 32.4 Å². The Hall–Kier alpha value is -0.650. The van der Waals surface area contributed by atoms with Crippen LogP contribution in [0.25, 0.3) is 0 Å². The van der Waals surface area contributed by atoms with Crippen LogP contribution >= 0.6 is 0 Å². The Bertz CT molecular complexity index is 205. The van der Waals surface area contributed by atoms with Gasteiger partial charge in [-0.05, 0) is 25.8 Å². The summed E-state index contributed by atoms with van der Waals surface area (Å²) >= 11 is 0. The molecule has 0 aromatic carbocycles. The lowest BCUT2D eigenvalue weighted by Crippen LogP contribution is -2.35. The quantitative estimate of drug-likeness (QED) is 0.501. The summed E-state index contributed by atoms with van der Waals surface area (Å²) in [6, 6.07) is 0. The van der Waals surface area contributed by atoms with Gasteiger partial charge < -0.3 is 19.5 Å². The van der Waals surface area contributed by atoms with Gasteiger partial charge in [0, 0.05) is 26.9 Å². The maximum absolute atomic E-state index is 11.6. The monoisotopic (exact) mass is 245 g/mol. The number of nitrogens with one attached hydrogen (secondary N) is 1. The molecule has 0 aromatic rings. The fraction of sp³-hybridized carbons (Fsp3) is 0.917. The lowest BCUT2D eigenvalue weighted by Gasteiger charge is -2.21. The number of ether oxygens (including phenoxy) is 3.